The van der Waals surface area contributed by atoms with Crippen LogP contribution in [-0.2, 0) is 16.1 Å². The van der Waals surface area contributed by atoms with Gasteiger partial charge in [-0.05, 0) is 48.7 Å². The first kappa shape index (κ1) is 18.5. The third-order valence-electron chi connectivity index (χ3n) is 3.57. The van der Waals surface area contributed by atoms with Crippen molar-refractivity contribution >= 4 is 17.5 Å². The van der Waals surface area contributed by atoms with E-state index in [-0.39, 0.29) is 11.8 Å². The van der Waals surface area contributed by atoms with Gasteiger partial charge in [-0.2, -0.15) is 0 Å². The van der Waals surface area contributed by atoms with Crippen molar-refractivity contribution in [1.82, 2.24) is 5.32 Å². The van der Waals surface area contributed by atoms with Crippen LogP contribution in [0.15, 0.2) is 48.5 Å². The minimum atomic E-state index is -0.103. The Morgan fingerprint density at radius 1 is 1.08 bits per heavy atom. The van der Waals surface area contributed by atoms with Crippen LogP contribution in [0, 0.1) is 6.92 Å². The van der Waals surface area contributed by atoms with Gasteiger partial charge < -0.3 is 15.4 Å². The van der Waals surface area contributed by atoms with E-state index in [2.05, 4.69) is 10.6 Å². The van der Waals surface area contributed by atoms with Crippen LogP contribution in [0.4, 0.5) is 5.69 Å². The molecule has 0 aromatic heterocycles. The van der Waals surface area contributed by atoms with Crippen LogP contribution in [-0.4, -0.2) is 18.4 Å². The first-order chi connectivity index (χ1) is 12.0. The molecule has 0 aliphatic rings. The summed E-state index contributed by atoms with van der Waals surface area (Å²) in [5, 5.41) is 5.59. The molecule has 2 N–H and O–H groups in total. The molecule has 0 bridgehead atoms. The average Bonchev–Trinajstić information content (AvgIpc) is 2.58. The zero-order valence-corrected chi connectivity index (χ0v) is 14.7. The summed E-state index contributed by atoms with van der Waals surface area (Å²) >= 11 is 0. The number of nitrogens with one attached hydrogen (secondary N) is 2. The number of benzene rings is 2. The van der Waals surface area contributed by atoms with E-state index in [9.17, 15) is 9.59 Å². The highest BCUT2D eigenvalue weighted by Crippen LogP contribution is 2.13. The van der Waals surface area contributed by atoms with Gasteiger partial charge in [-0.15, -0.1) is 0 Å². The maximum absolute atomic E-state index is 11.9. The molecule has 0 aliphatic carbocycles. The van der Waals surface area contributed by atoms with Gasteiger partial charge in [0.05, 0.1) is 6.61 Å². The minimum Gasteiger partial charge on any atom is -0.494 e. The lowest BCUT2D eigenvalue weighted by atomic mass is 10.2. The lowest BCUT2D eigenvalue weighted by Gasteiger charge is -2.08. The predicted molar refractivity (Wildman–Crippen MR) is 98.5 cm³/mol. The van der Waals surface area contributed by atoms with Gasteiger partial charge in [-0.1, -0.05) is 24.3 Å². The quantitative estimate of drug-likeness (QED) is 0.724. The number of rotatable bonds is 8. The highest BCUT2D eigenvalue weighted by molar-refractivity contribution is 5.88. The van der Waals surface area contributed by atoms with Crippen molar-refractivity contribution in [2.24, 2.45) is 0 Å². The molecule has 25 heavy (non-hydrogen) atoms. The molecular weight excluding hydrogens is 316 g/mol. The van der Waals surface area contributed by atoms with Crippen LogP contribution in [0.3, 0.4) is 0 Å². The van der Waals surface area contributed by atoms with Crippen LogP contribution in [0.1, 0.15) is 30.9 Å². The summed E-state index contributed by atoms with van der Waals surface area (Å²) in [6.45, 7) is 4.47. The number of ether oxygens (including phenoxy) is 1. The fourth-order valence-electron chi connectivity index (χ4n) is 2.33. The Morgan fingerprint density at radius 2 is 1.84 bits per heavy atom. The summed E-state index contributed by atoms with van der Waals surface area (Å²) < 4.78 is 5.63. The van der Waals surface area contributed by atoms with E-state index in [0.29, 0.717) is 26.0 Å². The van der Waals surface area contributed by atoms with Crippen molar-refractivity contribution < 1.29 is 14.3 Å². The molecule has 2 aromatic carbocycles. The molecule has 0 unspecified atom stereocenters. The number of hydrogen-bond acceptors (Lipinski definition) is 3. The Labute approximate surface area is 148 Å². The average molecular weight is 340 g/mol. The first-order valence-electron chi connectivity index (χ1n) is 8.35. The second kappa shape index (κ2) is 9.47. The zero-order valence-electron chi connectivity index (χ0n) is 14.7. The molecule has 0 saturated carbocycles. The fraction of sp³-hybridized carbons (Fsp3) is 0.300. The van der Waals surface area contributed by atoms with E-state index in [1.807, 2.05) is 55.5 Å². The Balaban J connectivity index is 1.64. The third kappa shape index (κ3) is 7.08. The molecule has 0 saturated heterocycles. The van der Waals surface area contributed by atoms with Crippen LogP contribution in [0.25, 0.3) is 0 Å². The predicted octanol–water partition coefficient (Wildman–Crippen LogP) is 3.43. The topological polar surface area (TPSA) is 67.4 Å². The normalized spacial score (nSPS) is 10.2. The summed E-state index contributed by atoms with van der Waals surface area (Å²) in [6, 6.07) is 15.3. The molecule has 5 nitrogen and oxygen atoms in total. The van der Waals surface area contributed by atoms with E-state index in [0.717, 1.165) is 22.6 Å². The van der Waals surface area contributed by atoms with Crippen LogP contribution in [0.2, 0.25) is 0 Å². The van der Waals surface area contributed by atoms with Gasteiger partial charge in [-0.3, -0.25) is 9.59 Å². The summed E-state index contributed by atoms with van der Waals surface area (Å²) in [4.78, 5) is 22.8. The number of aryl methyl sites for hydroxylation is 1. The smallest absolute Gasteiger partial charge is 0.221 e. The van der Waals surface area contributed by atoms with Gasteiger partial charge >= 0.3 is 0 Å². The fourth-order valence-corrected chi connectivity index (χ4v) is 2.33. The van der Waals surface area contributed by atoms with E-state index in [1.54, 1.807) is 0 Å². The summed E-state index contributed by atoms with van der Waals surface area (Å²) in [7, 11) is 0. The Morgan fingerprint density at radius 3 is 2.52 bits per heavy atom. The molecule has 132 valence electrons. The van der Waals surface area contributed by atoms with Gasteiger partial charge in [0.1, 0.15) is 5.75 Å². The first-order valence-corrected chi connectivity index (χ1v) is 8.35. The van der Waals surface area contributed by atoms with Crippen LogP contribution < -0.4 is 15.4 Å². The minimum absolute atomic E-state index is 0.00113. The van der Waals surface area contributed by atoms with Gasteiger partial charge in [0.25, 0.3) is 0 Å². The molecule has 0 fully saturated rings. The van der Waals surface area contributed by atoms with Crippen molar-refractivity contribution in [3.8, 4) is 5.75 Å². The monoisotopic (exact) mass is 340 g/mol. The molecule has 0 radical (unpaired) electrons. The van der Waals surface area contributed by atoms with Crippen molar-refractivity contribution in [2.75, 3.05) is 11.9 Å². The summed E-state index contributed by atoms with van der Waals surface area (Å²) in [6.07, 6.45) is 1.09. The maximum Gasteiger partial charge on any atom is 0.221 e. The standard InChI is InChI=1S/C20H24N2O3/c1-15-5-3-6-19(13-15)25-12-4-7-20(24)21-14-17-8-10-18(11-9-17)22-16(2)23/h3,5-6,8-11,13H,4,7,12,14H2,1-2H3,(H,21,24)(H,22,23). The number of amides is 2. The molecular formula is C20H24N2O3. The van der Waals surface area contributed by atoms with Crippen molar-refractivity contribution in [3.05, 3.63) is 59.7 Å². The summed E-state index contributed by atoms with van der Waals surface area (Å²) in [5.41, 5.74) is 2.88. The van der Waals surface area contributed by atoms with E-state index in [4.69, 9.17) is 4.74 Å². The van der Waals surface area contributed by atoms with E-state index in [1.165, 1.54) is 6.92 Å². The molecule has 0 aliphatic heterocycles. The molecule has 0 spiro atoms. The van der Waals surface area contributed by atoms with Crippen LogP contribution >= 0.6 is 0 Å². The second-order valence-electron chi connectivity index (χ2n) is 5.92. The number of carbonyl (C=O) groups is 2. The third-order valence-corrected chi connectivity index (χ3v) is 3.57. The maximum atomic E-state index is 11.9. The van der Waals surface area contributed by atoms with Crippen LogP contribution in [0.5, 0.6) is 5.75 Å². The van der Waals surface area contributed by atoms with Gasteiger partial charge in [-0.25, -0.2) is 0 Å². The van der Waals surface area contributed by atoms with Gasteiger partial charge in [0.2, 0.25) is 11.8 Å². The highest BCUT2D eigenvalue weighted by Gasteiger charge is 2.03. The Kier molecular flexibility index (Phi) is 7.01. The lowest BCUT2D eigenvalue weighted by Crippen LogP contribution is -2.23. The lowest BCUT2D eigenvalue weighted by molar-refractivity contribution is -0.121. The Hall–Kier alpha value is -2.82. The van der Waals surface area contributed by atoms with E-state index >= 15 is 0 Å². The number of hydrogen-bond donors (Lipinski definition) is 2. The molecule has 0 heterocycles. The Bertz CT molecular complexity index is 711. The molecule has 2 amide bonds. The SMILES string of the molecule is CC(=O)Nc1ccc(CNC(=O)CCCOc2cccc(C)c2)cc1. The second-order valence-corrected chi connectivity index (χ2v) is 5.92. The number of anilines is 1. The largest absolute Gasteiger partial charge is 0.494 e. The molecule has 2 rings (SSSR count). The summed E-state index contributed by atoms with van der Waals surface area (Å²) in [5.74, 6) is 0.729. The molecule has 5 heteroatoms. The molecule has 0 atom stereocenters. The van der Waals surface area contributed by atoms with Crippen molar-refractivity contribution in [3.63, 3.8) is 0 Å². The highest BCUT2D eigenvalue weighted by atomic mass is 16.5. The van der Waals surface area contributed by atoms with Gasteiger partial charge in [0, 0.05) is 25.6 Å². The van der Waals surface area contributed by atoms with Crippen molar-refractivity contribution in [2.45, 2.75) is 33.2 Å². The molecule has 2 aromatic rings. The zero-order chi connectivity index (χ0) is 18.1. The van der Waals surface area contributed by atoms with E-state index < -0.39 is 0 Å². The van der Waals surface area contributed by atoms with Gasteiger partial charge in [0.15, 0.2) is 0 Å². The van der Waals surface area contributed by atoms with Crippen molar-refractivity contribution in [1.29, 1.82) is 0 Å². The number of carbonyl (C=O) groups excluding carboxylic acids is 2.